The molecule has 0 radical (unpaired) electrons. The van der Waals surface area contributed by atoms with Gasteiger partial charge in [0.2, 0.25) is 0 Å². The van der Waals surface area contributed by atoms with Crippen molar-refractivity contribution < 1.29 is 63.1 Å². The molecule has 6 N–H and O–H groups in total. The highest BCUT2D eigenvalue weighted by Crippen LogP contribution is 2.47. The first-order chi connectivity index (χ1) is 27.4. The highest BCUT2D eigenvalue weighted by atomic mass is 31.2. The summed E-state index contributed by atoms with van der Waals surface area (Å²) in [5.74, 6) is -1.10. The van der Waals surface area contributed by atoms with E-state index in [-0.39, 0.29) is 12.8 Å². The van der Waals surface area contributed by atoms with Crippen molar-refractivity contribution in [1.82, 2.24) is 0 Å². The summed E-state index contributed by atoms with van der Waals surface area (Å²) in [5.41, 5.74) is 0. The average molecular weight is 837 g/mol. The number of carbonyl (C=O) groups excluding carboxylic acids is 2. The Morgan fingerprint density at radius 1 is 0.526 bits per heavy atom. The molecule has 1 saturated carbocycles. The van der Waals surface area contributed by atoms with Crippen LogP contribution in [-0.4, -0.2) is 98.3 Å². The highest BCUT2D eigenvalue weighted by molar-refractivity contribution is 7.47. The number of phosphoric ester groups is 1. The molecule has 57 heavy (non-hydrogen) atoms. The number of ether oxygens (including phenoxy) is 2. The van der Waals surface area contributed by atoms with E-state index in [1.54, 1.807) is 0 Å². The molecule has 13 nitrogen and oxygen atoms in total. The Labute approximate surface area is 343 Å². The molecule has 1 fully saturated rings. The summed E-state index contributed by atoms with van der Waals surface area (Å²) >= 11 is 0. The van der Waals surface area contributed by atoms with E-state index in [4.69, 9.17) is 18.5 Å². The van der Waals surface area contributed by atoms with Gasteiger partial charge in [0.25, 0.3) is 0 Å². The van der Waals surface area contributed by atoms with Crippen LogP contribution in [-0.2, 0) is 32.7 Å². The van der Waals surface area contributed by atoms with Crippen molar-refractivity contribution in [3.8, 4) is 0 Å². The van der Waals surface area contributed by atoms with Crippen LogP contribution in [0, 0.1) is 0 Å². The lowest BCUT2D eigenvalue weighted by molar-refractivity contribution is -0.220. The molecule has 336 valence electrons. The minimum Gasteiger partial charge on any atom is -0.462 e. The zero-order chi connectivity index (χ0) is 42.2. The lowest BCUT2D eigenvalue weighted by atomic mass is 9.85. The molecule has 6 unspecified atom stereocenters. The minimum atomic E-state index is -5.11. The topological polar surface area (TPSA) is 210 Å². The second-order valence-corrected chi connectivity index (χ2v) is 17.3. The van der Waals surface area contributed by atoms with Crippen molar-refractivity contribution in [1.29, 1.82) is 0 Å². The van der Waals surface area contributed by atoms with E-state index < -0.39 is 75.7 Å². The number of aliphatic hydroxyl groups excluding tert-OH is 5. The maximum Gasteiger partial charge on any atom is 0.472 e. The Balaban J connectivity index is 2.46. The lowest BCUT2D eigenvalue weighted by Crippen LogP contribution is -2.64. The van der Waals surface area contributed by atoms with Crippen molar-refractivity contribution in [3.63, 3.8) is 0 Å². The van der Waals surface area contributed by atoms with Crippen molar-refractivity contribution in [2.75, 3.05) is 13.2 Å². The fourth-order valence-electron chi connectivity index (χ4n) is 6.93. The predicted molar refractivity (Wildman–Crippen MR) is 221 cm³/mol. The summed E-state index contributed by atoms with van der Waals surface area (Å²) in [7, 11) is -5.11. The predicted octanol–water partition coefficient (Wildman–Crippen LogP) is 8.28. The molecule has 0 saturated heterocycles. The zero-order valence-electron chi connectivity index (χ0n) is 35.4. The molecule has 0 aromatic carbocycles. The van der Waals surface area contributed by atoms with Gasteiger partial charge < -0.3 is 39.9 Å². The normalized spacial score (nSPS) is 22.7. The third-order valence-electron chi connectivity index (χ3n) is 10.6. The van der Waals surface area contributed by atoms with Crippen LogP contribution >= 0.6 is 7.82 Å². The second kappa shape index (κ2) is 34.3. The van der Waals surface area contributed by atoms with Crippen LogP contribution < -0.4 is 0 Å². The number of unbranched alkanes of at least 4 members (excludes halogenated alkanes) is 23. The highest BCUT2D eigenvalue weighted by Gasteiger charge is 2.51. The third-order valence-corrected chi connectivity index (χ3v) is 11.6. The van der Waals surface area contributed by atoms with E-state index >= 15 is 0 Å². The Kier molecular flexibility index (Phi) is 32.3. The molecule has 1 rings (SSSR count). The van der Waals surface area contributed by atoms with E-state index in [0.717, 1.165) is 51.4 Å². The molecular formula is C43H81O13P. The van der Waals surface area contributed by atoms with Gasteiger partial charge in [-0.15, -0.1) is 0 Å². The lowest BCUT2D eigenvalue weighted by Gasteiger charge is -2.41. The number of hydrogen-bond donors (Lipinski definition) is 6. The van der Waals surface area contributed by atoms with Crippen LogP contribution in [0.2, 0.25) is 0 Å². The van der Waals surface area contributed by atoms with Gasteiger partial charge in [0, 0.05) is 12.8 Å². The Morgan fingerprint density at radius 3 is 1.33 bits per heavy atom. The molecule has 0 amide bonds. The molecule has 0 bridgehead atoms. The summed E-state index contributed by atoms with van der Waals surface area (Å²) in [6, 6.07) is 0. The van der Waals surface area contributed by atoms with Crippen molar-refractivity contribution in [3.05, 3.63) is 12.2 Å². The number of phosphoric acid groups is 1. The molecule has 0 spiro atoms. The first-order valence-corrected chi connectivity index (χ1v) is 24.0. The average Bonchev–Trinajstić information content (AvgIpc) is 3.19. The van der Waals surface area contributed by atoms with E-state index in [2.05, 4.69) is 26.0 Å². The molecule has 1 aliphatic carbocycles. The first-order valence-electron chi connectivity index (χ1n) is 22.5. The number of allylic oxidation sites excluding steroid dienone is 2. The number of esters is 2. The van der Waals surface area contributed by atoms with Gasteiger partial charge >= 0.3 is 19.8 Å². The van der Waals surface area contributed by atoms with Crippen LogP contribution in [0.4, 0.5) is 0 Å². The summed E-state index contributed by atoms with van der Waals surface area (Å²) in [4.78, 5) is 35.6. The monoisotopic (exact) mass is 837 g/mol. The smallest absolute Gasteiger partial charge is 0.462 e. The zero-order valence-corrected chi connectivity index (χ0v) is 36.3. The molecule has 6 atom stereocenters. The summed E-state index contributed by atoms with van der Waals surface area (Å²) in [6.07, 6.45) is 21.3. The van der Waals surface area contributed by atoms with Crippen LogP contribution in [0.3, 0.4) is 0 Å². The van der Waals surface area contributed by atoms with Crippen molar-refractivity contribution >= 4 is 19.8 Å². The molecule has 14 heteroatoms. The Hall–Kier alpha value is -1.41. The fraction of sp³-hybridized carbons (Fsp3) is 0.907. The van der Waals surface area contributed by atoms with Crippen molar-refractivity contribution in [2.45, 2.75) is 236 Å². The van der Waals surface area contributed by atoms with E-state index in [9.17, 15) is 44.6 Å². The van der Waals surface area contributed by atoms with Crippen LogP contribution in [0.1, 0.15) is 194 Å². The summed E-state index contributed by atoms with van der Waals surface area (Å²) in [5, 5.41) is 50.1. The SMILES string of the molecule is CCCCCCCC/C=C\CCCCCCCCCC(=O)OC(COC(=O)CCCCCCCCCCCCC)COP(=O)(O)OC1C(O)C(O)C(O)C(O)C1O. The number of rotatable bonds is 37. The van der Waals surface area contributed by atoms with Crippen molar-refractivity contribution in [2.24, 2.45) is 0 Å². The van der Waals surface area contributed by atoms with Gasteiger partial charge in [-0.1, -0.05) is 154 Å². The number of hydrogen-bond acceptors (Lipinski definition) is 12. The Bertz CT molecular complexity index is 1060. The number of carbonyl (C=O) groups is 2. The van der Waals surface area contributed by atoms with E-state index in [1.165, 1.54) is 103 Å². The van der Waals surface area contributed by atoms with E-state index in [1.807, 2.05) is 0 Å². The van der Waals surface area contributed by atoms with Crippen LogP contribution in [0.15, 0.2) is 12.2 Å². The Morgan fingerprint density at radius 2 is 0.895 bits per heavy atom. The fourth-order valence-corrected chi connectivity index (χ4v) is 7.90. The molecular weight excluding hydrogens is 755 g/mol. The molecule has 0 aromatic heterocycles. The van der Waals surface area contributed by atoms with Crippen LogP contribution in [0.5, 0.6) is 0 Å². The van der Waals surface area contributed by atoms with Gasteiger partial charge in [0.15, 0.2) is 6.10 Å². The number of aliphatic hydroxyl groups is 5. The van der Waals surface area contributed by atoms with E-state index in [0.29, 0.717) is 12.8 Å². The molecule has 0 heterocycles. The largest absolute Gasteiger partial charge is 0.472 e. The van der Waals surface area contributed by atoms with Gasteiger partial charge in [-0.2, -0.15) is 0 Å². The maximum absolute atomic E-state index is 12.8. The van der Waals surface area contributed by atoms with Gasteiger partial charge in [-0.05, 0) is 38.5 Å². The van der Waals surface area contributed by atoms with Gasteiger partial charge in [-0.3, -0.25) is 18.6 Å². The molecule has 1 aliphatic rings. The second-order valence-electron chi connectivity index (χ2n) is 15.9. The quantitative estimate of drug-likeness (QED) is 0.0151. The van der Waals surface area contributed by atoms with Gasteiger partial charge in [-0.25, -0.2) is 4.57 Å². The maximum atomic E-state index is 12.8. The first kappa shape index (κ1) is 53.6. The van der Waals surface area contributed by atoms with Gasteiger partial charge in [0.05, 0.1) is 6.61 Å². The summed E-state index contributed by atoms with van der Waals surface area (Å²) < 4.78 is 33.5. The molecule has 0 aliphatic heterocycles. The standard InChI is InChI=1S/C43H81O13P/c1-3-5-7-9-11-13-15-16-17-18-19-20-22-24-26-28-30-32-37(45)55-35(33-53-36(44)31-29-27-25-23-21-14-12-10-8-6-4-2)34-54-57(51,52)56-43-41(49)39(47)38(46)40(48)42(43)50/h16-17,35,38-43,46-50H,3-15,18-34H2,1-2H3,(H,51,52)/b17-16-. The van der Waals surface area contributed by atoms with Gasteiger partial charge in [0.1, 0.15) is 43.2 Å². The molecule has 0 aromatic rings. The van der Waals surface area contributed by atoms with Crippen LogP contribution in [0.25, 0.3) is 0 Å². The third kappa shape index (κ3) is 27.1. The minimum absolute atomic E-state index is 0.0957. The summed E-state index contributed by atoms with van der Waals surface area (Å²) in [6.45, 7) is 3.28.